The van der Waals surface area contributed by atoms with Gasteiger partial charge in [-0.15, -0.1) is 5.10 Å². The van der Waals surface area contributed by atoms with Crippen LogP contribution in [0.4, 0.5) is 0 Å². The van der Waals surface area contributed by atoms with Crippen LogP contribution >= 0.6 is 11.8 Å². The molecule has 2 aromatic carbocycles. The molecule has 0 N–H and O–H groups in total. The molecule has 0 saturated heterocycles. The Morgan fingerprint density at radius 1 is 1.08 bits per heavy atom. The summed E-state index contributed by atoms with van der Waals surface area (Å²) in [6, 6.07) is 14.4. The molecule has 1 aromatic heterocycles. The van der Waals surface area contributed by atoms with Gasteiger partial charge in [0.2, 0.25) is 5.16 Å². The van der Waals surface area contributed by atoms with E-state index in [1.807, 2.05) is 24.3 Å². The Morgan fingerprint density at radius 3 is 2.56 bits per heavy atom. The van der Waals surface area contributed by atoms with E-state index in [0.29, 0.717) is 22.2 Å². The number of carbonyl (C=O) groups is 1. The van der Waals surface area contributed by atoms with Gasteiger partial charge in [-0.05, 0) is 46.8 Å². The number of Topliss-reactive ketones (excluding diaryl/α,β-unsaturated/α-hetero) is 1. The van der Waals surface area contributed by atoms with Crippen LogP contribution in [0.3, 0.4) is 0 Å². The van der Waals surface area contributed by atoms with Crippen molar-refractivity contribution in [3.63, 3.8) is 0 Å². The lowest BCUT2D eigenvalue weighted by Gasteiger charge is -2.08. The van der Waals surface area contributed by atoms with E-state index < -0.39 is 0 Å². The normalized spacial score (nSPS) is 10.5. The highest BCUT2D eigenvalue weighted by Crippen LogP contribution is 2.26. The van der Waals surface area contributed by atoms with Crippen LogP contribution in [0.25, 0.3) is 5.69 Å². The van der Waals surface area contributed by atoms with Crippen molar-refractivity contribution in [3.8, 4) is 17.2 Å². The number of nitrogens with zero attached hydrogens (tertiary/aromatic N) is 4. The molecule has 0 bridgehead atoms. The van der Waals surface area contributed by atoms with E-state index in [1.54, 1.807) is 43.2 Å². The molecule has 128 valence electrons. The second-order valence-electron chi connectivity index (χ2n) is 4.99. The summed E-state index contributed by atoms with van der Waals surface area (Å²) < 4.78 is 12.0. The second kappa shape index (κ2) is 7.80. The molecule has 0 radical (unpaired) electrons. The molecule has 3 rings (SSSR count). The number of ketones is 1. The van der Waals surface area contributed by atoms with E-state index in [1.165, 1.54) is 11.8 Å². The number of ether oxygens (including phenoxy) is 2. The Bertz CT molecular complexity index is 864. The van der Waals surface area contributed by atoms with Crippen LogP contribution in [0.15, 0.2) is 53.7 Å². The van der Waals surface area contributed by atoms with Crippen molar-refractivity contribution >= 4 is 17.5 Å². The SMILES string of the molecule is COc1ccc(C(=O)CSc2nnnn2-c2ccccc2OC)cc1. The number of hydrogen-bond acceptors (Lipinski definition) is 7. The summed E-state index contributed by atoms with van der Waals surface area (Å²) in [5.41, 5.74) is 1.33. The zero-order chi connectivity index (χ0) is 17.6. The van der Waals surface area contributed by atoms with Gasteiger partial charge >= 0.3 is 0 Å². The number of carbonyl (C=O) groups excluding carboxylic acids is 1. The average Bonchev–Trinajstić information content (AvgIpc) is 3.14. The molecule has 0 aliphatic heterocycles. The average molecular weight is 356 g/mol. The van der Waals surface area contributed by atoms with E-state index in [2.05, 4.69) is 15.5 Å². The number of thioether (sulfide) groups is 1. The highest BCUT2D eigenvalue weighted by Gasteiger charge is 2.15. The summed E-state index contributed by atoms with van der Waals surface area (Å²) in [4.78, 5) is 12.3. The minimum absolute atomic E-state index is 0.0118. The van der Waals surface area contributed by atoms with Gasteiger partial charge in [-0.1, -0.05) is 23.9 Å². The van der Waals surface area contributed by atoms with Crippen LogP contribution in [-0.4, -0.2) is 46.0 Å². The van der Waals surface area contributed by atoms with Gasteiger partial charge < -0.3 is 9.47 Å². The first kappa shape index (κ1) is 17.0. The predicted octanol–water partition coefficient (Wildman–Crippen LogP) is 2.65. The van der Waals surface area contributed by atoms with Gasteiger partial charge in [-0.3, -0.25) is 4.79 Å². The number of hydrogen-bond donors (Lipinski definition) is 0. The number of aromatic nitrogens is 4. The minimum atomic E-state index is -0.0118. The quantitative estimate of drug-likeness (QED) is 0.475. The number of rotatable bonds is 7. The van der Waals surface area contributed by atoms with Crippen molar-refractivity contribution in [1.82, 2.24) is 20.2 Å². The highest BCUT2D eigenvalue weighted by molar-refractivity contribution is 7.99. The lowest BCUT2D eigenvalue weighted by atomic mass is 10.1. The van der Waals surface area contributed by atoms with Crippen LogP contribution in [-0.2, 0) is 0 Å². The fraction of sp³-hybridized carbons (Fsp3) is 0.176. The molecule has 7 nitrogen and oxygen atoms in total. The third-order valence-electron chi connectivity index (χ3n) is 3.50. The third kappa shape index (κ3) is 3.80. The third-order valence-corrected chi connectivity index (χ3v) is 4.42. The highest BCUT2D eigenvalue weighted by atomic mass is 32.2. The van der Waals surface area contributed by atoms with Crippen LogP contribution in [0.5, 0.6) is 11.5 Å². The van der Waals surface area contributed by atoms with Crippen LogP contribution in [0.1, 0.15) is 10.4 Å². The van der Waals surface area contributed by atoms with Gasteiger partial charge in [-0.25, -0.2) is 0 Å². The molecule has 8 heteroatoms. The Morgan fingerprint density at radius 2 is 1.84 bits per heavy atom. The molecule has 1 heterocycles. The summed E-state index contributed by atoms with van der Waals surface area (Å²) in [7, 11) is 3.17. The van der Waals surface area contributed by atoms with Crippen molar-refractivity contribution in [2.45, 2.75) is 5.16 Å². The maximum Gasteiger partial charge on any atom is 0.214 e. The summed E-state index contributed by atoms with van der Waals surface area (Å²) >= 11 is 1.27. The molecule has 0 amide bonds. The number of benzene rings is 2. The first-order valence-corrected chi connectivity index (χ1v) is 8.43. The summed E-state index contributed by atoms with van der Waals surface area (Å²) in [5, 5.41) is 12.2. The first-order chi connectivity index (χ1) is 12.2. The zero-order valence-corrected chi connectivity index (χ0v) is 14.6. The van der Waals surface area contributed by atoms with Gasteiger partial charge in [0.1, 0.15) is 17.2 Å². The van der Waals surface area contributed by atoms with Gasteiger partial charge in [0, 0.05) is 5.56 Å². The van der Waals surface area contributed by atoms with Crippen molar-refractivity contribution in [2.24, 2.45) is 0 Å². The Balaban J connectivity index is 1.74. The Kier molecular flexibility index (Phi) is 5.30. The molecular formula is C17H16N4O3S. The van der Waals surface area contributed by atoms with Crippen LogP contribution in [0.2, 0.25) is 0 Å². The summed E-state index contributed by atoms with van der Waals surface area (Å²) in [5.74, 6) is 1.58. The lowest BCUT2D eigenvalue weighted by molar-refractivity contribution is 0.102. The molecular weight excluding hydrogens is 340 g/mol. The molecule has 0 aliphatic rings. The molecule has 3 aromatic rings. The van der Waals surface area contributed by atoms with E-state index in [9.17, 15) is 4.79 Å². The standard InChI is InChI=1S/C17H16N4O3S/c1-23-13-9-7-12(8-10-13)15(22)11-25-17-18-19-20-21(17)14-5-3-4-6-16(14)24-2/h3-10H,11H2,1-2H3. The van der Waals surface area contributed by atoms with Crippen molar-refractivity contribution in [2.75, 3.05) is 20.0 Å². The topological polar surface area (TPSA) is 79.1 Å². The van der Waals surface area contributed by atoms with Crippen molar-refractivity contribution < 1.29 is 14.3 Å². The lowest BCUT2D eigenvalue weighted by Crippen LogP contribution is -2.05. The summed E-state index contributed by atoms with van der Waals surface area (Å²) in [6.45, 7) is 0. The molecule has 0 atom stereocenters. The number of tetrazole rings is 1. The number of para-hydroxylation sites is 2. The zero-order valence-electron chi connectivity index (χ0n) is 13.7. The van der Waals surface area contributed by atoms with E-state index in [4.69, 9.17) is 9.47 Å². The molecule has 0 fully saturated rings. The minimum Gasteiger partial charge on any atom is -0.497 e. The van der Waals surface area contributed by atoms with E-state index in [0.717, 1.165) is 5.69 Å². The van der Waals surface area contributed by atoms with Crippen molar-refractivity contribution in [3.05, 3.63) is 54.1 Å². The van der Waals surface area contributed by atoms with Crippen molar-refractivity contribution in [1.29, 1.82) is 0 Å². The smallest absolute Gasteiger partial charge is 0.214 e. The Hall–Kier alpha value is -2.87. The fourth-order valence-corrected chi connectivity index (χ4v) is 2.99. The van der Waals surface area contributed by atoms with E-state index in [-0.39, 0.29) is 11.5 Å². The molecule has 0 saturated carbocycles. The number of methoxy groups -OCH3 is 2. The maximum absolute atomic E-state index is 12.3. The van der Waals surface area contributed by atoms with Gasteiger partial charge in [0.05, 0.1) is 20.0 Å². The van der Waals surface area contributed by atoms with Gasteiger partial charge in [0.15, 0.2) is 5.78 Å². The van der Waals surface area contributed by atoms with E-state index >= 15 is 0 Å². The Labute approximate surface area is 149 Å². The van der Waals surface area contributed by atoms with Crippen LogP contribution < -0.4 is 9.47 Å². The fourth-order valence-electron chi connectivity index (χ4n) is 2.22. The molecule has 0 aliphatic carbocycles. The van der Waals surface area contributed by atoms with Crippen LogP contribution in [0, 0.1) is 0 Å². The molecule has 25 heavy (non-hydrogen) atoms. The summed E-state index contributed by atoms with van der Waals surface area (Å²) in [6.07, 6.45) is 0. The second-order valence-corrected chi connectivity index (χ2v) is 5.93. The van der Waals surface area contributed by atoms with Gasteiger partial charge in [-0.2, -0.15) is 4.68 Å². The largest absolute Gasteiger partial charge is 0.497 e. The first-order valence-electron chi connectivity index (χ1n) is 7.44. The maximum atomic E-state index is 12.3. The van der Waals surface area contributed by atoms with Gasteiger partial charge in [0.25, 0.3) is 0 Å². The molecule has 0 spiro atoms. The monoisotopic (exact) mass is 356 g/mol. The molecule has 0 unspecified atom stereocenters. The predicted molar refractivity (Wildman–Crippen MR) is 93.8 cm³/mol.